The highest BCUT2D eigenvalue weighted by atomic mass is 35.5. The molecule has 0 bridgehead atoms. The minimum absolute atomic E-state index is 0.0183. The van der Waals surface area contributed by atoms with Crippen LogP contribution in [0.3, 0.4) is 0 Å². The number of benzene rings is 2. The summed E-state index contributed by atoms with van der Waals surface area (Å²) in [6, 6.07) is 11.8. The third kappa shape index (κ3) is 10.1. The molecule has 2 aromatic rings. The van der Waals surface area contributed by atoms with Gasteiger partial charge in [-0.3, -0.25) is 19.7 Å². The van der Waals surface area contributed by atoms with E-state index in [2.05, 4.69) is 10.6 Å². The number of non-ortho nitro benzene ring substituents is 1. The Labute approximate surface area is 246 Å². The van der Waals surface area contributed by atoms with Crippen molar-refractivity contribution in [1.82, 2.24) is 14.9 Å². The molecule has 0 radical (unpaired) electrons. The Morgan fingerprint density at radius 3 is 2.22 bits per heavy atom. The lowest BCUT2D eigenvalue weighted by atomic mass is 9.85. The predicted molar refractivity (Wildman–Crippen MR) is 157 cm³/mol. The number of amides is 2. The second kappa shape index (κ2) is 14.7. The lowest BCUT2D eigenvalue weighted by molar-refractivity contribution is -0.385. The van der Waals surface area contributed by atoms with Crippen molar-refractivity contribution in [1.29, 1.82) is 0 Å². The summed E-state index contributed by atoms with van der Waals surface area (Å²) in [7, 11) is -4.26. The number of rotatable bonds is 14. The molecule has 0 aromatic heterocycles. The van der Waals surface area contributed by atoms with E-state index >= 15 is 0 Å². The molecule has 0 spiro atoms. The number of carbonyl (C=O) groups is 2. The van der Waals surface area contributed by atoms with Gasteiger partial charge in [-0.15, -0.1) is 11.6 Å². The van der Waals surface area contributed by atoms with Crippen molar-refractivity contribution in [2.45, 2.75) is 64.1 Å². The summed E-state index contributed by atoms with van der Waals surface area (Å²) < 4.78 is 28.3. The molecule has 226 valence electrons. The molecule has 2 aromatic carbocycles. The topological polar surface area (TPSA) is 159 Å². The molecule has 0 aliphatic rings. The van der Waals surface area contributed by atoms with E-state index in [0.717, 1.165) is 15.9 Å². The zero-order chi connectivity index (χ0) is 31.0. The average Bonchev–Trinajstić information content (AvgIpc) is 2.90. The first kappa shape index (κ1) is 34.1. The van der Waals surface area contributed by atoms with Gasteiger partial charge >= 0.3 is 0 Å². The predicted octanol–water partition coefficient (Wildman–Crippen LogP) is 3.10. The maximum Gasteiger partial charge on any atom is 0.270 e. The highest BCUT2D eigenvalue weighted by molar-refractivity contribution is 7.89. The van der Waals surface area contributed by atoms with Gasteiger partial charge in [0.25, 0.3) is 5.69 Å². The molecular formula is C28H39ClN4O7S. The van der Waals surface area contributed by atoms with Crippen LogP contribution < -0.4 is 10.6 Å². The molecule has 41 heavy (non-hydrogen) atoms. The van der Waals surface area contributed by atoms with E-state index < -0.39 is 56.9 Å². The summed E-state index contributed by atoms with van der Waals surface area (Å²) >= 11 is 5.65. The minimum Gasteiger partial charge on any atom is -0.390 e. The lowest BCUT2D eigenvalue weighted by Crippen LogP contribution is -2.59. The van der Waals surface area contributed by atoms with E-state index in [4.69, 9.17) is 11.6 Å². The monoisotopic (exact) mass is 610 g/mol. The molecular weight excluding hydrogens is 572 g/mol. The molecule has 0 saturated carbocycles. The number of aliphatic hydroxyl groups excluding tert-OH is 1. The highest BCUT2D eigenvalue weighted by Crippen LogP contribution is 2.24. The van der Waals surface area contributed by atoms with Crippen LogP contribution >= 0.6 is 11.6 Å². The van der Waals surface area contributed by atoms with Crippen LogP contribution in [0.15, 0.2) is 59.5 Å². The van der Waals surface area contributed by atoms with Gasteiger partial charge in [0.05, 0.1) is 22.0 Å². The summed E-state index contributed by atoms with van der Waals surface area (Å²) in [5, 5.41) is 28.1. The molecule has 0 saturated heterocycles. The maximum absolute atomic E-state index is 13.6. The zero-order valence-electron chi connectivity index (χ0n) is 23.9. The van der Waals surface area contributed by atoms with Crippen LogP contribution in [0.2, 0.25) is 0 Å². The number of alkyl halides is 1. The van der Waals surface area contributed by atoms with Crippen LogP contribution in [0.5, 0.6) is 0 Å². The van der Waals surface area contributed by atoms with E-state index in [1.54, 1.807) is 46.8 Å². The van der Waals surface area contributed by atoms with E-state index in [-0.39, 0.29) is 35.3 Å². The van der Waals surface area contributed by atoms with Crippen molar-refractivity contribution >= 4 is 39.1 Å². The fourth-order valence-electron chi connectivity index (χ4n) is 4.21. The van der Waals surface area contributed by atoms with Gasteiger partial charge in [-0.1, -0.05) is 71.0 Å². The van der Waals surface area contributed by atoms with Crippen LogP contribution in [0.1, 0.15) is 40.2 Å². The van der Waals surface area contributed by atoms with Crippen LogP contribution in [-0.2, 0) is 26.0 Å². The number of nitrogens with zero attached hydrogens (tertiary/aromatic N) is 2. The number of nitro groups is 1. The van der Waals surface area contributed by atoms with Gasteiger partial charge < -0.3 is 15.7 Å². The second-order valence-corrected chi connectivity index (χ2v) is 13.5. The van der Waals surface area contributed by atoms with Gasteiger partial charge in [-0.05, 0) is 29.4 Å². The van der Waals surface area contributed by atoms with Gasteiger partial charge in [0.15, 0.2) is 0 Å². The van der Waals surface area contributed by atoms with E-state index in [9.17, 15) is 33.2 Å². The SMILES string of the molecule is CC(C)CN(C[C@@H](O)C(Cc1ccccc1)NC(=O)[C@@H](NC(=O)CCl)C(C)(C)C)S(=O)(=O)c1cccc([N+](=O)[O-])c1. The number of sulfonamides is 1. The smallest absolute Gasteiger partial charge is 0.270 e. The van der Waals surface area contributed by atoms with E-state index in [1.807, 2.05) is 18.2 Å². The van der Waals surface area contributed by atoms with Crippen LogP contribution in [-0.4, -0.2) is 71.7 Å². The molecule has 0 heterocycles. The molecule has 0 aliphatic carbocycles. The number of carbonyl (C=O) groups excluding carboxylic acids is 2. The van der Waals surface area contributed by atoms with Gasteiger partial charge in [0.2, 0.25) is 21.8 Å². The second-order valence-electron chi connectivity index (χ2n) is 11.3. The van der Waals surface area contributed by atoms with Crippen LogP contribution in [0.4, 0.5) is 5.69 Å². The first-order chi connectivity index (χ1) is 19.1. The molecule has 3 N–H and O–H groups in total. The van der Waals surface area contributed by atoms with Gasteiger partial charge in [0.1, 0.15) is 11.9 Å². The lowest BCUT2D eigenvalue weighted by Gasteiger charge is -2.34. The summed E-state index contributed by atoms with van der Waals surface area (Å²) in [5.41, 5.74) is -0.299. The molecule has 1 unspecified atom stereocenters. The Morgan fingerprint density at radius 2 is 1.68 bits per heavy atom. The van der Waals surface area contributed by atoms with E-state index in [1.165, 1.54) is 18.2 Å². The number of halogens is 1. The molecule has 0 aliphatic heterocycles. The van der Waals surface area contributed by atoms with Crippen molar-refractivity contribution in [2.75, 3.05) is 19.0 Å². The third-order valence-corrected chi connectivity index (χ3v) is 8.34. The largest absolute Gasteiger partial charge is 0.390 e. The van der Waals surface area contributed by atoms with Crippen LogP contribution in [0, 0.1) is 21.4 Å². The molecule has 11 nitrogen and oxygen atoms in total. The van der Waals surface area contributed by atoms with Crippen molar-refractivity contribution in [3.8, 4) is 0 Å². The van der Waals surface area contributed by atoms with Gasteiger partial charge in [0, 0.05) is 25.2 Å². The van der Waals surface area contributed by atoms with Gasteiger partial charge in [-0.25, -0.2) is 8.42 Å². The Balaban J connectivity index is 2.44. The van der Waals surface area contributed by atoms with E-state index in [0.29, 0.717) is 0 Å². The molecule has 2 rings (SSSR count). The van der Waals surface area contributed by atoms with Crippen molar-refractivity contribution in [3.05, 3.63) is 70.3 Å². The fraction of sp³-hybridized carbons (Fsp3) is 0.500. The quantitative estimate of drug-likeness (QED) is 0.168. The molecule has 13 heteroatoms. The Bertz CT molecular complexity index is 1300. The first-order valence-corrected chi connectivity index (χ1v) is 15.2. The highest BCUT2D eigenvalue weighted by Gasteiger charge is 2.36. The van der Waals surface area contributed by atoms with Crippen molar-refractivity contribution in [2.24, 2.45) is 11.3 Å². The Morgan fingerprint density at radius 1 is 1.05 bits per heavy atom. The normalized spacial score (nSPS) is 14.4. The minimum atomic E-state index is -4.26. The Hall–Kier alpha value is -3.06. The number of hydrogen-bond donors (Lipinski definition) is 3. The van der Waals surface area contributed by atoms with Crippen molar-refractivity contribution in [3.63, 3.8) is 0 Å². The summed E-state index contributed by atoms with van der Waals surface area (Å²) in [4.78, 5) is 35.8. The number of nitrogens with one attached hydrogen (secondary N) is 2. The third-order valence-electron chi connectivity index (χ3n) is 6.27. The number of nitro benzene ring substituents is 1. The fourth-order valence-corrected chi connectivity index (χ4v) is 5.95. The standard InChI is InChI=1S/C28H39ClN4O7S/c1-19(2)17-32(41(39,40)22-13-9-12-21(15-22)33(37)38)18-24(34)23(14-20-10-7-6-8-11-20)30-27(36)26(28(3,4)5)31-25(35)16-29/h6-13,15,19,23-24,26,34H,14,16-18H2,1-5H3,(H,30,36)(H,31,35)/t23?,24-,26-/m1/s1. The van der Waals surface area contributed by atoms with Gasteiger partial charge in [-0.2, -0.15) is 4.31 Å². The molecule has 2 amide bonds. The first-order valence-electron chi connectivity index (χ1n) is 13.2. The number of aliphatic hydroxyl groups is 1. The summed E-state index contributed by atoms with van der Waals surface area (Å²) in [6.45, 7) is 8.54. The summed E-state index contributed by atoms with van der Waals surface area (Å²) in [5.74, 6) is -1.58. The zero-order valence-corrected chi connectivity index (χ0v) is 25.5. The number of hydrogen-bond acceptors (Lipinski definition) is 7. The van der Waals surface area contributed by atoms with Crippen molar-refractivity contribution < 1.29 is 28.0 Å². The molecule has 3 atom stereocenters. The van der Waals surface area contributed by atoms with Crippen LogP contribution in [0.25, 0.3) is 0 Å². The average molecular weight is 611 g/mol. The maximum atomic E-state index is 13.6. The Kier molecular flexibility index (Phi) is 12.3. The summed E-state index contributed by atoms with van der Waals surface area (Å²) in [6.07, 6.45) is -1.21. The molecule has 0 fully saturated rings.